The SMILES string of the molecule is CC(=O)OC/C=C\C(C)OC(C)=O. The molecule has 0 heterocycles. The first-order valence-electron chi connectivity index (χ1n) is 3.99. The normalized spacial score (nSPS) is 12.5. The van der Waals surface area contributed by atoms with Crippen molar-refractivity contribution in [3.63, 3.8) is 0 Å². The fourth-order valence-electron chi connectivity index (χ4n) is 0.714. The molecule has 4 nitrogen and oxygen atoms in total. The van der Waals surface area contributed by atoms with E-state index in [0.717, 1.165) is 0 Å². The quantitative estimate of drug-likeness (QED) is 0.486. The molecule has 0 aromatic heterocycles. The molecule has 13 heavy (non-hydrogen) atoms. The lowest BCUT2D eigenvalue weighted by Gasteiger charge is -2.05. The molecule has 1 unspecified atom stereocenters. The summed E-state index contributed by atoms with van der Waals surface area (Å²) in [6.07, 6.45) is 3.01. The highest BCUT2D eigenvalue weighted by Gasteiger charge is 1.98. The van der Waals surface area contributed by atoms with E-state index in [2.05, 4.69) is 4.74 Å². The van der Waals surface area contributed by atoms with Crippen LogP contribution in [-0.4, -0.2) is 24.6 Å². The lowest BCUT2D eigenvalue weighted by Crippen LogP contribution is -2.09. The third-order valence-electron chi connectivity index (χ3n) is 1.14. The van der Waals surface area contributed by atoms with E-state index >= 15 is 0 Å². The Morgan fingerprint density at radius 3 is 2.38 bits per heavy atom. The average Bonchev–Trinajstić information content (AvgIpc) is 1.96. The van der Waals surface area contributed by atoms with Gasteiger partial charge < -0.3 is 9.47 Å². The summed E-state index contributed by atoms with van der Waals surface area (Å²) in [4.78, 5) is 20.8. The van der Waals surface area contributed by atoms with Crippen LogP contribution < -0.4 is 0 Å². The summed E-state index contributed by atoms with van der Waals surface area (Å²) < 4.78 is 9.42. The van der Waals surface area contributed by atoms with Crippen molar-refractivity contribution < 1.29 is 19.1 Å². The lowest BCUT2D eigenvalue weighted by molar-refractivity contribution is -0.143. The molecule has 0 aliphatic heterocycles. The van der Waals surface area contributed by atoms with Gasteiger partial charge in [0.05, 0.1) is 0 Å². The second-order valence-corrected chi connectivity index (χ2v) is 2.55. The summed E-state index contributed by atoms with van der Waals surface area (Å²) in [7, 11) is 0. The smallest absolute Gasteiger partial charge is 0.303 e. The Balaban J connectivity index is 3.59. The van der Waals surface area contributed by atoms with Crippen LogP contribution >= 0.6 is 0 Å². The van der Waals surface area contributed by atoms with Gasteiger partial charge in [0.1, 0.15) is 12.7 Å². The molecule has 0 saturated heterocycles. The van der Waals surface area contributed by atoms with Crippen molar-refractivity contribution in [3.8, 4) is 0 Å². The van der Waals surface area contributed by atoms with Gasteiger partial charge in [0, 0.05) is 13.8 Å². The molecule has 0 aromatic carbocycles. The van der Waals surface area contributed by atoms with Crippen molar-refractivity contribution in [3.05, 3.63) is 12.2 Å². The summed E-state index contributed by atoms with van der Waals surface area (Å²) in [5.74, 6) is -0.658. The van der Waals surface area contributed by atoms with Crippen LogP contribution in [-0.2, 0) is 19.1 Å². The van der Waals surface area contributed by atoms with E-state index in [-0.39, 0.29) is 24.6 Å². The Hall–Kier alpha value is -1.32. The van der Waals surface area contributed by atoms with E-state index in [1.165, 1.54) is 13.8 Å². The van der Waals surface area contributed by atoms with E-state index in [0.29, 0.717) is 0 Å². The third-order valence-corrected chi connectivity index (χ3v) is 1.14. The minimum Gasteiger partial charge on any atom is -0.462 e. The first kappa shape index (κ1) is 11.7. The minimum atomic E-state index is -0.329. The molecule has 0 spiro atoms. The van der Waals surface area contributed by atoms with Gasteiger partial charge in [0.25, 0.3) is 0 Å². The van der Waals surface area contributed by atoms with Crippen LogP contribution in [0, 0.1) is 0 Å². The predicted molar refractivity (Wildman–Crippen MR) is 47.0 cm³/mol. The molecule has 0 bridgehead atoms. The zero-order chi connectivity index (χ0) is 10.3. The molecule has 0 N–H and O–H groups in total. The highest BCUT2D eigenvalue weighted by Crippen LogP contribution is 1.93. The van der Waals surface area contributed by atoms with Crippen LogP contribution in [0.5, 0.6) is 0 Å². The molecule has 74 valence electrons. The van der Waals surface area contributed by atoms with Crippen molar-refractivity contribution in [1.29, 1.82) is 0 Å². The minimum absolute atomic E-state index is 0.209. The van der Waals surface area contributed by atoms with Gasteiger partial charge in [-0.2, -0.15) is 0 Å². The number of rotatable bonds is 4. The molecule has 0 aromatic rings. The molecule has 0 aliphatic rings. The molecule has 0 radical (unpaired) electrons. The van der Waals surface area contributed by atoms with Crippen LogP contribution in [0.25, 0.3) is 0 Å². The molecular weight excluding hydrogens is 172 g/mol. The van der Waals surface area contributed by atoms with Gasteiger partial charge in [-0.1, -0.05) is 0 Å². The largest absolute Gasteiger partial charge is 0.462 e. The van der Waals surface area contributed by atoms with Gasteiger partial charge in [0.2, 0.25) is 0 Å². The predicted octanol–water partition coefficient (Wildman–Crippen LogP) is 1.06. The number of esters is 2. The van der Waals surface area contributed by atoms with Gasteiger partial charge in [-0.05, 0) is 19.1 Å². The first-order chi connectivity index (χ1) is 6.02. The van der Waals surface area contributed by atoms with Gasteiger partial charge in [-0.25, -0.2) is 0 Å². The van der Waals surface area contributed by atoms with E-state index in [1.807, 2.05) is 0 Å². The summed E-state index contributed by atoms with van der Waals surface area (Å²) in [5, 5.41) is 0. The van der Waals surface area contributed by atoms with Gasteiger partial charge in [-0.15, -0.1) is 0 Å². The monoisotopic (exact) mass is 186 g/mol. The van der Waals surface area contributed by atoms with Crippen LogP contribution in [0.4, 0.5) is 0 Å². The van der Waals surface area contributed by atoms with E-state index in [1.54, 1.807) is 19.1 Å². The standard InChI is InChI=1S/C9H14O4/c1-7(13-9(3)11)5-4-6-12-8(2)10/h4-5,7H,6H2,1-3H3/b5-4-. The first-order valence-corrected chi connectivity index (χ1v) is 3.99. The van der Waals surface area contributed by atoms with Crippen LogP contribution in [0.2, 0.25) is 0 Å². The number of hydrogen-bond donors (Lipinski definition) is 0. The molecule has 0 saturated carbocycles. The highest BCUT2D eigenvalue weighted by molar-refractivity contribution is 5.66. The van der Waals surface area contributed by atoms with Crippen LogP contribution in [0.1, 0.15) is 20.8 Å². The summed E-state index contributed by atoms with van der Waals surface area (Å²) in [6, 6.07) is 0. The number of carbonyl (C=O) groups excluding carboxylic acids is 2. The molecular formula is C9H14O4. The second-order valence-electron chi connectivity index (χ2n) is 2.55. The Bertz CT molecular complexity index is 208. The molecule has 0 rings (SSSR count). The maximum atomic E-state index is 10.5. The van der Waals surface area contributed by atoms with Crippen molar-refractivity contribution in [1.82, 2.24) is 0 Å². The van der Waals surface area contributed by atoms with E-state index < -0.39 is 0 Å². The Morgan fingerprint density at radius 2 is 1.92 bits per heavy atom. The summed E-state index contributed by atoms with van der Waals surface area (Å²) >= 11 is 0. The van der Waals surface area contributed by atoms with Crippen molar-refractivity contribution >= 4 is 11.9 Å². The number of ether oxygens (including phenoxy) is 2. The number of hydrogen-bond acceptors (Lipinski definition) is 4. The van der Waals surface area contributed by atoms with Crippen molar-refractivity contribution in [2.45, 2.75) is 26.9 Å². The summed E-state index contributed by atoms with van der Waals surface area (Å²) in [5.41, 5.74) is 0. The van der Waals surface area contributed by atoms with Gasteiger partial charge in [-0.3, -0.25) is 9.59 Å². The lowest BCUT2D eigenvalue weighted by atomic mass is 10.3. The Labute approximate surface area is 77.5 Å². The fraction of sp³-hybridized carbons (Fsp3) is 0.556. The van der Waals surface area contributed by atoms with Gasteiger partial charge in [0.15, 0.2) is 0 Å². The topological polar surface area (TPSA) is 52.6 Å². The van der Waals surface area contributed by atoms with Gasteiger partial charge >= 0.3 is 11.9 Å². The number of carbonyl (C=O) groups is 2. The van der Waals surface area contributed by atoms with Crippen LogP contribution in [0.3, 0.4) is 0 Å². The molecule has 1 atom stereocenters. The third kappa shape index (κ3) is 8.59. The Morgan fingerprint density at radius 1 is 1.31 bits per heavy atom. The molecule has 0 aliphatic carbocycles. The fourth-order valence-corrected chi connectivity index (χ4v) is 0.714. The highest BCUT2D eigenvalue weighted by atomic mass is 16.5. The summed E-state index contributed by atoms with van der Waals surface area (Å²) in [6.45, 7) is 4.62. The van der Waals surface area contributed by atoms with Crippen molar-refractivity contribution in [2.75, 3.05) is 6.61 Å². The molecule has 4 heteroatoms. The van der Waals surface area contributed by atoms with E-state index in [9.17, 15) is 9.59 Å². The maximum absolute atomic E-state index is 10.5. The zero-order valence-electron chi connectivity index (χ0n) is 8.07. The van der Waals surface area contributed by atoms with Crippen LogP contribution in [0.15, 0.2) is 12.2 Å². The average molecular weight is 186 g/mol. The molecule has 0 amide bonds. The second kappa shape index (κ2) is 6.22. The Kier molecular flexibility index (Phi) is 5.59. The van der Waals surface area contributed by atoms with Crippen molar-refractivity contribution in [2.24, 2.45) is 0 Å². The molecule has 0 fully saturated rings. The maximum Gasteiger partial charge on any atom is 0.303 e. The zero-order valence-corrected chi connectivity index (χ0v) is 8.07. The van der Waals surface area contributed by atoms with E-state index in [4.69, 9.17) is 4.74 Å².